The van der Waals surface area contributed by atoms with Crippen LogP contribution in [0.5, 0.6) is 0 Å². The van der Waals surface area contributed by atoms with Crippen molar-refractivity contribution in [2.24, 2.45) is 0 Å². The summed E-state index contributed by atoms with van der Waals surface area (Å²) in [6, 6.07) is 8.59. The van der Waals surface area contributed by atoms with Gasteiger partial charge < -0.3 is 5.73 Å². The molecule has 2 rings (SSSR count). The number of hydrogen-bond acceptors (Lipinski definition) is 1. The second-order valence-corrected chi connectivity index (χ2v) is 4.57. The van der Waals surface area contributed by atoms with Crippen molar-refractivity contribution in [1.82, 2.24) is 0 Å². The van der Waals surface area contributed by atoms with E-state index in [4.69, 9.17) is 17.3 Å². The third-order valence-corrected chi connectivity index (χ3v) is 3.08. The molecular weight excluding hydrogens is 237 g/mol. The van der Waals surface area contributed by atoms with Crippen LogP contribution in [-0.2, 0) is 0 Å². The highest BCUT2D eigenvalue weighted by atomic mass is 35.5. The standard InChI is InChI=1S/C14H13ClFN/c1-8-3-4-11(9(2)5-8)12-6-10(16)7-13(15)14(12)17/h3-7H,17H2,1-2H3. The highest BCUT2D eigenvalue weighted by Gasteiger charge is 2.10. The van der Waals surface area contributed by atoms with Gasteiger partial charge in [-0.25, -0.2) is 4.39 Å². The number of rotatable bonds is 1. The van der Waals surface area contributed by atoms with Crippen molar-refractivity contribution in [2.75, 3.05) is 5.73 Å². The van der Waals surface area contributed by atoms with Crippen LogP contribution in [-0.4, -0.2) is 0 Å². The third-order valence-electron chi connectivity index (χ3n) is 2.77. The average Bonchev–Trinajstić information content (AvgIpc) is 2.24. The molecule has 88 valence electrons. The Hall–Kier alpha value is -1.54. The number of nitrogen functional groups attached to an aromatic ring is 1. The van der Waals surface area contributed by atoms with Crippen molar-refractivity contribution < 1.29 is 4.39 Å². The maximum Gasteiger partial charge on any atom is 0.125 e. The Bertz CT molecular complexity index is 579. The van der Waals surface area contributed by atoms with Crippen LogP contribution in [0.15, 0.2) is 30.3 Å². The Morgan fingerprint density at radius 1 is 1.06 bits per heavy atom. The van der Waals surface area contributed by atoms with Gasteiger partial charge in [-0.2, -0.15) is 0 Å². The van der Waals surface area contributed by atoms with Crippen molar-refractivity contribution in [3.05, 3.63) is 52.3 Å². The molecule has 0 amide bonds. The second kappa shape index (κ2) is 4.38. The molecule has 0 atom stereocenters. The summed E-state index contributed by atoms with van der Waals surface area (Å²) in [6.45, 7) is 3.99. The summed E-state index contributed by atoms with van der Waals surface area (Å²) < 4.78 is 13.4. The molecule has 0 unspecified atom stereocenters. The van der Waals surface area contributed by atoms with Gasteiger partial charge in [-0.3, -0.25) is 0 Å². The molecule has 0 spiro atoms. The van der Waals surface area contributed by atoms with Crippen molar-refractivity contribution in [3.8, 4) is 11.1 Å². The highest BCUT2D eigenvalue weighted by molar-refractivity contribution is 6.33. The van der Waals surface area contributed by atoms with Crippen LogP contribution in [0, 0.1) is 19.7 Å². The largest absolute Gasteiger partial charge is 0.397 e. The number of aryl methyl sites for hydroxylation is 2. The van der Waals surface area contributed by atoms with Gasteiger partial charge in [0, 0.05) is 5.56 Å². The van der Waals surface area contributed by atoms with Crippen LogP contribution in [0.4, 0.5) is 10.1 Å². The van der Waals surface area contributed by atoms with Crippen LogP contribution in [0.3, 0.4) is 0 Å². The van der Waals surface area contributed by atoms with Crippen LogP contribution in [0.1, 0.15) is 11.1 Å². The van der Waals surface area contributed by atoms with E-state index in [0.29, 0.717) is 11.3 Å². The monoisotopic (exact) mass is 249 g/mol. The van der Waals surface area contributed by atoms with Gasteiger partial charge in [0.05, 0.1) is 10.7 Å². The van der Waals surface area contributed by atoms with Gasteiger partial charge in [-0.15, -0.1) is 0 Å². The van der Waals surface area contributed by atoms with Crippen LogP contribution in [0.25, 0.3) is 11.1 Å². The first-order chi connectivity index (χ1) is 7.99. The second-order valence-electron chi connectivity index (χ2n) is 4.17. The summed E-state index contributed by atoms with van der Waals surface area (Å²) in [5, 5.41) is 0.250. The molecule has 3 heteroatoms. The van der Waals surface area contributed by atoms with E-state index in [1.54, 1.807) is 0 Å². The van der Waals surface area contributed by atoms with Crippen molar-refractivity contribution in [3.63, 3.8) is 0 Å². The first-order valence-electron chi connectivity index (χ1n) is 5.31. The van der Waals surface area contributed by atoms with E-state index in [0.717, 1.165) is 16.7 Å². The molecule has 0 radical (unpaired) electrons. The van der Waals surface area contributed by atoms with Gasteiger partial charge in [0.1, 0.15) is 5.82 Å². The summed E-state index contributed by atoms with van der Waals surface area (Å²) in [7, 11) is 0. The summed E-state index contributed by atoms with van der Waals surface area (Å²) in [5.41, 5.74) is 10.1. The maximum absolute atomic E-state index is 13.4. The lowest BCUT2D eigenvalue weighted by Crippen LogP contribution is -1.95. The summed E-state index contributed by atoms with van der Waals surface area (Å²) in [6.07, 6.45) is 0. The molecular formula is C14H13ClFN. The number of benzene rings is 2. The lowest BCUT2D eigenvalue weighted by atomic mass is 9.97. The zero-order valence-corrected chi connectivity index (χ0v) is 10.5. The zero-order chi connectivity index (χ0) is 12.6. The topological polar surface area (TPSA) is 26.0 Å². The molecule has 0 aliphatic heterocycles. The molecule has 17 heavy (non-hydrogen) atoms. The van der Waals surface area contributed by atoms with E-state index in [-0.39, 0.29) is 10.8 Å². The van der Waals surface area contributed by atoms with E-state index in [2.05, 4.69) is 0 Å². The van der Waals surface area contributed by atoms with Crippen LogP contribution < -0.4 is 5.73 Å². The van der Waals surface area contributed by atoms with Crippen molar-refractivity contribution >= 4 is 17.3 Å². The van der Waals surface area contributed by atoms with Crippen LogP contribution in [0.2, 0.25) is 5.02 Å². The average molecular weight is 250 g/mol. The quantitative estimate of drug-likeness (QED) is 0.748. The SMILES string of the molecule is Cc1ccc(-c2cc(F)cc(Cl)c2N)c(C)c1. The predicted octanol–water partition coefficient (Wildman–Crippen LogP) is 4.35. The Morgan fingerprint density at radius 3 is 2.41 bits per heavy atom. The van der Waals surface area contributed by atoms with Gasteiger partial charge in [0.2, 0.25) is 0 Å². The van der Waals surface area contributed by atoms with Crippen molar-refractivity contribution in [2.45, 2.75) is 13.8 Å². The van der Waals surface area contributed by atoms with E-state index >= 15 is 0 Å². The highest BCUT2D eigenvalue weighted by Crippen LogP contribution is 2.34. The minimum Gasteiger partial charge on any atom is -0.397 e. The minimum absolute atomic E-state index is 0.250. The fraction of sp³-hybridized carbons (Fsp3) is 0.143. The molecule has 0 aliphatic rings. The smallest absolute Gasteiger partial charge is 0.125 e. The first-order valence-corrected chi connectivity index (χ1v) is 5.69. The first kappa shape index (κ1) is 11.9. The molecule has 0 saturated carbocycles. The minimum atomic E-state index is -0.376. The molecule has 0 bridgehead atoms. The third kappa shape index (κ3) is 2.27. The summed E-state index contributed by atoms with van der Waals surface area (Å²) in [5.74, 6) is -0.376. The maximum atomic E-state index is 13.4. The zero-order valence-electron chi connectivity index (χ0n) is 9.72. The molecule has 2 N–H and O–H groups in total. The molecule has 2 aromatic rings. The molecule has 0 aromatic heterocycles. The number of anilines is 1. The molecule has 0 saturated heterocycles. The Labute approximate surface area is 105 Å². The van der Waals surface area contributed by atoms with Gasteiger partial charge >= 0.3 is 0 Å². The molecule has 0 aliphatic carbocycles. The van der Waals surface area contributed by atoms with E-state index < -0.39 is 0 Å². The fourth-order valence-electron chi connectivity index (χ4n) is 1.92. The molecule has 0 heterocycles. The molecule has 2 aromatic carbocycles. The van der Waals surface area contributed by atoms with Gasteiger partial charge in [0.15, 0.2) is 0 Å². The van der Waals surface area contributed by atoms with Gasteiger partial charge in [-0.05, 0) is 37.1 Å². The number of nitrogens with two attached hydrogens (primary N) is 1. The normalized spacial score (nSPS) is 10.6. The lowest BCUT2D eigenvalue weighted by Gasteiger charge is -2.11. The van der Waals surface area contributed by atoms with E-state index in [9.17, 15) is 4.39 Å². The van der Waals surface area contributed by atoms with Gasteiger partial charge in [-0.1, -0.05) is 35.4 Å². The Kier molecular flexibility index (Phi) is 3.07. The van der Waals surface area contributed by atoms with Gasteiger partial charge in [0.25, 0.3) is 0 Å². The predicted molar refractivity (Wildman–Crippen MR) is 70.7 cm³/mol. The number of hydrogen-bond donors (Lipinski definition) is 1. The van der Waals surface area contributed by atoms with E-state index in [1.807, 2.05) is 32.0 Å². The Morgan fingerprint density at radius 2 is 1.76 bits per heavy atom. The van der Waals surface area contributed by atoms with E-state index in [1.165, 1.54) is 12.1 Å². The summed E-state index contributed by atoms with van der Waals surface area (Å²) >= 11 is 5.89. The fourth-order valence-corrected chi connectivity index (χ4v) is 2.13. The Balaban J connectivity index is 2.68. The van der Waals surface area contributed by atoms with Crippen molar-refractivity contribution in [1.29, 1.82) is 0 Å². The number of halogens is 2. The molecule has 0 fully saturated rings. The summed E-state index contributed by atoms with van der Waals surface area (Å²) in [4.78, 5) is 0. The molecule has 1 nitrogen and oxygen atoms in total. The lowest BCUT2D eigenvalue weighted by molar-refractivity contribution is 0.628. The van der Waals surface area contributed by atoms with Crippen LogP contribution >= 0.6 is 11.6 Å².